The Labute approximate surface area is 112 Å². The quantitative estimate of drug-likeness (QED) is 0.854. The first kappa shape index (κ1) is 13.1. The van der Waals surface area contributed by atoms with E-state index < -0.39 is 0 Å². The first-order chi connectivity index (χ1) is 9.19. The summed E-state index contributed by atoms with van der Waals surface area (Å²) in [5, 5.41) is 6.99. The normalized spacial score (nSPS) is 10.8. The Kier molecular flexibility index (Phi) is 4.13. The van der Waals surface area contributed by atoms with Crippen LogP contribution in [0.1, 0.15) is 18.1 Å². The number of anilines is 1. The van der Waals surface area contributed by atoms with Gasteiger partial charge in [-0.1, -0.05) is 18.2 Å². The third-order valence-corrected chi connectivity index (χ3v) is 2.81. The van der Waals surface area contributed by atoms with Gasteiger partial charge in [0.05, 0.1) is 6.20 Å². The zero-order chi connectivity index (χ0) is 13.7. The minimum atomic E-state index is -0.140. The van der Waals surface area contributed by atoms with Gasteiger partial charge in [-0.15, -0.1) is 0 Å². The number of rotatable bonds is 4. The highest BCUT2D eigenvalue weighted by molar-refractivity contribution is 6.02. The molecule has 2 aromatic rings. The molecule has 2 rings (SSSR count). The van der Waals surface area contributed by atoms with Gasteiger partial charge in [0.15, 0.2) is 0 Å². The highest BCUT2D eigenvalue weighted by Gasteiger charge is 2.00. The molecule has 1 aromatic heterocycles. The molecule has 98 valence electrons. The van der Waals surface area contributed by atoms with E-state index in [2.05, 4.69) is 10.4 Å². The number of hydrogen-bond donors (Lipinski definition) is 1. The van der Waals surface area contributed by atoms with E-state index in [1.165, 1.54) is 6.08 Å². The number of aromatic nitrogens is 2. The monoisotopic (exact) mass is 255 g/mol. The zero-order valence-electron chi connectivity index (χ0n) is 11.1. The number of para-hydroxylation sites is 1. The Hall–Kier alpha value is -2.36. The van der Waals surface area contributed by atoms with Crippen LogP contribution in [-0.2, 0) is 11.3 Å². The fourth-order valence-corrected chi connectivity index (χ4v) is 1.70. The molecule has 0 aliphatic carbocycles. The van der Waals surface area contributed by atoms with Crippen LogP contribution in [0.5, 0.6) is 0 Å². The molecule has 0 spiro atoms. The van der Waals surface area contributed by atoms with E-state index in [1.54, 1.807) is 12.3 Å². The number of hydrogen-bond acceptors (Lipinski definition) is 2. The molecule has 0 aliphatic rings. The van der Waals surface area contributed by atoms with Crippen LogP contribution in [0.2, 0.25) is 0 Å². The molecule has 0 aliphatic heterocycles. The minimum absolute atomic E-state index is 0.140. The topological polar surface area (TPSA) is 46.9 Å². The molecule has 0 unspecified atom stereocenters. The molecule has 4 nitrogen and oxygen atoms in total. The van der Waals surface area contributed by atoms with Crippen molar-refractivity contribution in [3.8, 4) is 0 Å². The number of nitrogens with zero attached hydrogens (tertiary/aromatic N) is 2. The average Bonchev–Trinajstić information content (AvgIpc) is 2.87. The first-order valence-corrected chi connectivity index (χ1v) is 6.26. The maximum Gasteiger partial charge on any atom is 0.248 e. The molecule has 0 atom stereocenters. The van der Waals surface area contributed by atoms with Gasteiger partial charge in [-0.05, 0) is 31.6 Å². The molecular weight excluding hydrogens is 238 g/mol. The maximum absolute atomic E-state index is 11.8. The fraction of sp³-hybridized carbons (Fsp3) is 0.200. The standard InChI is InChI=1S/C15H17N3O/c1-3-18-11-13(10-16-18)8-9-15(19)17-14-7-5-4-6-12(14)2/h4-11H,3H2,1-2H3,(H,17,19)/b9-8+. The number of carbonyl (C=O) groups is 1. The second-order valence-corrected chi connectivity index (χ2v) is 4.27. The van der Waals surface area contributed by atoms with Crippen molar-refractivity contribution in [2.75, 3.05) is 5.32 Å². The van der Waals surface area contributed by atoms with Crippen LogP contribution in [0.15, 0.2) is 42.7 Å². The van der Waals surface area contributed by atoms with Crippen LogP contribution < -0.4 is 5.32 Å². The number of aryl methyl sites for hydroxylation is 2. The summed E-state index contributed by atoms with van der Waals surface area (Å²) in [7, 11) is 0. The summed E-state index contributed by atoms with van der Waals surface area (Å²) in [6.07, 6.45) is 6.91. The molecular formula is C15H17N3O. The lowest BCUT2D eigenvalue weighted by Gasteiger charge is -2.04. The molecule has 1 heterocycles. The first-order valence-electron chi connectivity index (χ1n) is 6.26. The van der Waals surface area contributed by atoms with Crippen molar-refractivity contribution in [3.63, 3.8) is 0 Å². The van der Waals surface area contributed by atoms with Crippen molar-refractivity contribution in [3.05, 3.63) is 53.9 Å². The Morgan fingerprint density at radius 1 is 1.42 bits per heavy atom. The predicted octanol–water partition coefficient (Wildman–Crippen LogP) is 2.86. The lowest BCUT2D eigenvalue weighted by molar-refractivity contribution is -0.111. The third kappa shape index (κ3) is 3.55. The summed E-state index contributed by atoms with van der Waals surface area (Å²) in [6.45, 7) is 4.80. The molecule has 0 radical (unpaired) electrons. The van der Waals surface area contributed by atoms with Gasteiger partial charge in [-0.25, -0.2) is 0 Å². The van der Waals surface area contributed by atoms with Gasteiger partial charge in [0.25, 0.3) is 0 Å². The van der Waals surface area contributed by atoms with Crippen molar-refractivity contribution in [2.45, 2.75) is 20.4 Å². The summed E-state index contributed by atoms with van der Waals surface area (Å²) in [6, 6.07) is 7.69. The van der Waals surface area contributed by atoms with E-state index in [9.17, 15) is 4.79 Å². The summed E-state index contributed by atoms with van der Waals surface area (Å²) in [5.74, 6) is -0.140. The van der Waals surface area contributed by atoms with Gasteiger partial charge in [-0.2, -0.15) is 5.10 Å². The van der Waals surface area contributed by atoms with Crippen molar-refractivity contribution in [1.82, 2.24) is 9.78 Å². The van der Waals surface area contributed by atoms with E-state index in [0.717, 1.165) is 23.4 Å². The number of carbonyl (C=O) groups excluding carboxylic acids is 1. The zero-order valence-corrected chi connectivity index (χ0v) is 11.1. The Balaban J connectivity index is 1.99. The predicted molar refractivity (Wildman–Crippen MR) is 76.7 cm³/mol. The molecule has 19 heavy (non-hydrogen) atoms. The van der Waals surface area contributed by atoms with Crippen molar-refractivity contribution in [1.29, 1.82) is 0 Å². The molecule has 1 aromatic carbocycles. The van der Waals surface area contributed by atoms with Crippen molar-refractivity contribution < 1.29 is 4.79 Å². The van der Waals surface area contributed by atoms with Gasteiger partial charge in [0, 0.05) is 30.1 Å². The Bertz CT molecular complexity index is 599. The largest absolute Gasteiger partial charge is 0.322 e. The van der Waals surface area contributed by atoms with Crippen LogP contribution in [0.4, 0.5) is 5.69 Å². The summed E-state index contributed by atoms with van der Waals surface area (Å²) in [4.78, 5) is 11.8. The van der Waals surface area contributed by atoms with Gasteiger partial charge in [0.2, 0.25) is 5.91 Å². The molecule has 0 fully saturated rings. The highest BCUT2D eigenvalue weighted by Crippen LogP contribution is 2.13. The SMILES string of the molecule is CCn1cc(/C=C/C(=O)Nc2ccccc2C)cn1. The van der Waals surface area contributed by atoms with E-state index in [-0.39, 0.29) is 5.91 Å². The van der Waals surface area contributed by atoms with Gasteiger partial charge < -0.3 is 5.32 Å². The molecule has 0 bridgehead atoms. The summed E-state index contributed by atoms with van der Waals surface area (Å²) in [5.41, 5.74) is 2.80. The van der Waals surface area contributed by atoms with Gasteiger partial charge >= 0.3 is 0 Å². The number of benzene rings is 1. The van der Waals surface area contributed by atoms with Gasteiger partial charge in [0.1, 0.15) is 0 Å². The molecule has 0 saturated heterocycles. The van der Waals surface area contributed by atoms with Crippen molar-refractivity contribution in [2.24, 2.45) is 0 Å². The smallest absolute Gasteiger partial charge is 0.248 e. The molecule has 4 heteroatoms. The lowest BCUT2D eigenvalue weighted by Crippen LogP contribution is -2.08. The molecule has 0 saturated carbocycles. The van der Waals surface area contributed by atoms with Crippen LogP contribution in [0.25, 0.3) is 6.08 Å². The van der Waals surface area contributed by atoms with Crippen LogP contribution >= 0.6 is 0 Å². The second kappa shape index (κ2) is 6.00. The Morgan fingerprint density at radius 2 is 2.21 bits per heavy atom. The lowest BCUT2D eigenvalue weighted by atomic mass is 10.2. The van der Waals surface area contributed by atoms with E-state index in [4.69, 9.17) is 0 Å². The fourth-order valence-electron chi connectivity index (χ4n) is 1.70. The van der Waals surface area contributed by atoms with Gasteiger partial charge in [-0.3, -0.25) is 9.48 Å². The summed E-state index contributed by atoms with van der Waals surface area (Å²) >= 11 is 0. The summed E-state index contributed by atoms with van der Waals surface area (Å²) < 4.78 is 1.82. The van der Waals surface area contributed by atoms with E-state index in [1.807, 2.05) is 49.0 Å². The number of amides is 1. The van der Waals surface area contributed by atoms with Crippen LogP contribution in [0.3, 0.4) is 0 Å². The molecule has 1 N–H and O–H groups in total. The van der Waals surface area contributed by atoms with Crippen LogP contribution in [-0.4, -0.2) is 15.7 Å². The Morgan fingerprint density at radius 3 is 2.89 bits per heavy atom. The van der Waals surface area contributed by atoms with Crippen LogP contribution in [0, 0.1) is 6.92 Å². The average molecular weight is 255 g/mol. The van der Waals surface area contributed by atoms with Crippen molar-refractivity contribution >= 4 is 17.7 Å². The minimum Gasteiger partial charge on any atom is -0.322 e. The highest BCUT2D eigenvalue weighted by atomic mass is 16.1. The second-order valence-electron chi connectivity index (χ2n) is 4.27. The molecule has 1 amide bonds. The third-order valence-electron chi connectivity index (χ3n) is 2.81. The number of nitrogens with one attached hydrogen (secondary N) is 1. The van der Waals surface area contributed by atoms with E-state index >= 15 is 0 Å². The maximum atomic E-state index is 11.8. The van der Waals surface area contributed by atoms with E-state index in [0.29, 0.717) is 0 Å².